The number of rotatable bonds is 1. The van der Waals surface area contributed by atoms with E-state index in [-0.39, 0.29) is 5.35 Å². The molecule has 2 aromatic rings. The number of hydrogen-bond donors (Lipinski definition) is 0. The summed E-state index contributed by atoms with van der Waals surface area (Å²) in [4.78, 5) is 2.16. The largest absolute Gasteiger partial charge is 0.407 e. The third-order valence-electron chi connectivity index (χ3n) is 1.35. The summed E-state index contributed by atoms with van der Waals surface area (Å²) in [6.45, 7) is 2.02. The van der Waals surface area contributed by atoms with E-state index in [9.17, 15) is 0 Å². The van der Waals surface area contributed by atoms with Crippen molar-refractivity contribution in [3.63, 3.8) is 0 Å². The van der Waals surface area contributed by atoms with E-state index in [0.717, 1.165) is 4.88 Å². The molecule has 0 aromatic carbocycles. The van der Waals surface area contributed by atoms with Crippen LogP contribution in [0.2, 0.25) is 5.35 Å². The molecule has 0 radical (unpaired) electrons. The van der Waals surface area contributed by atoms with E-state index in [1.54, 1.807) is 11.3 Å². The van der Waals surface area contributed by atoms with Crippen molar-refractivity contribution in [2.75, 3.05) is 0 Å². The minimum atomic E-state index is 0.0797. The van der Waals surface area contributed by atoms with Gasteiger partial charge in [0.05, 0.1) is 4.88 Å². The molecule has 0 bridgehead atoms. The Balaban J connectivity index is 2.43. The molecule has 2 aromatic heterocycles. The van der Waals surface area contributed by atoms with Crippen LogP contribution >= 0.6 is 22.9 Å². The van der Waals surface area contributed by atoms with Crippen molar-refractivity contribution < 1.29 is 4.42 Å². The molecule has 5 heteroatoms. The van der Waals surface area contributed by atoms with Crippen molar-refractivity contribution in [1.29, 1.82) is 0 Å². The van der Waals surface area contributed by atoms with E-state index in [1.807, 2.05) is 19.1 Å². The summed E-state index contributed by atoms with van der Waals surface area (Å²) in [6.07, 6.45) is 0. The summed E-state index contributed by atoms with van der Waals surface area (Å²) >= 11 is 7.08. The Morgan fingerprint density at radius 1 is 1.42 bits per heavy atom. The van der Waals surface area contributed by atoms with Crippen molar-refractivity contribution in [2.24, 2.45) is 0 Å². The average molecular weight is 201 g/mol. The maximum atomic E-state index is 5.48. The van der Waals surface area contributed by atoms with Gasteiger partial charge in [0.2, 0.25) is 0 Å². The third-order valence-corrected chi connectivity index (χ3v) is 2.49. The molecule has 12 heavy (non-hydrogen) atoms. The Morgan fingerprint density at radius 2 is 2.25 bits per heavy atom. The molecule has 0 atom stereocenters. The lowest BCUT2D eigenvalue weighted by Crippen LogP contribution is -1.69. The highest BCUT2D eigenvalue weighted by atomic mass is 35.5. The molecule has 0 amide bonds. The van der Waals surface area contributed by atoms with Gasteiger partial charge in [-0.15, -0.1) is 16.4 Å². The zero-order valence-electron chi connectivity index (χ0n) is 6.24. The predicted molar refractivity (Wildman–Crippen MR) is 47.4 cm³/mol. The molecule has 0 N–H and O–H groups in total. The molecule has 0 fully saturated rings. The number of nitrogens with zero attached hydrogens (tertiary/aromatic N) is 2. The summed E-state index contributed by atoms with van der Waals surface area (Å²) in [6, 6.07) is 3.93. The number of thiophene rings is 1. The average Bonchev–Trinajstić information content (AvgIpc) is 2.58. The van der Waals surface area contributed by atoms with E-state index in [1.165, 1.54) is 4.88 Å². The van der Waals surface area contributed by atoms with Gasteiger partial charge in [-0.2, -0.15) is 0 Å². The van der Waals surface area contributed by atoms with Crippen LogP contribution in [-0.2, 0) is 0 Å². The third kappa shape index (κ3) is 1.35. The SMILES string of the molecule is Cc1ccc(-c2nnc(Cl)o2)s1. The van der Waals surface area contributed by atoms with Gasteiger partial charge in [0.15, 0.2) is 0 Å². The van der Waals surface area contributed by atoms with Crippen LogP contribution in [0.4, 0.5) is 0 Å². The van der Waals surface area contributed by atoms with E-state index >= 15 is 0 Å². The number of aryl methyl sites for hydroxylation is 1. The molecule has 0 saturated carbocycles. The summed E-state index contributed by atoms with van der Waals surface area (Å²) < 4.78 is 5.04. The Morgan fingerprint density at radius 3 is 2.75 bits per heavy atom. The zero-order chi connectivity index (χ0) is 8.55. The molecule has 0 aliphatic carbocycles. The van der Waals surface area contributed by atoms with Crippen LogP contribution in [-0.4, -0.2) is 10.2 Å². The topological polar surface area (TPSA) is 38.9 Å². The van der Waals surface area contributed by atoms with Gasteiger partial charge in [-0.25, -0.2) is 0 Å². The minimum Gasteiger partial charge on any atom is -0.407 e. The van der Waals surface area contributed by atoms with Crippen LogP contribution in [0.3, 0.4) is 0 Å². The summed E-state index contributed by atoms with van der Waals surface area (Å²) in [5, 5.41) is 7.40. The quantitative estimate of drug-likeness (QED) is 0.711. The lowest BCUT2D eigenvalue weighted by atomic mass is 10.4. The van der Waals surface area contributed by atoms with Crippen LogP contribution in [0.25, 0.3) is 10.8 Å². The first-order valence-electron chi connectivity index (χ1n) is 3.31. The van der Waals surface area contributed by atoms with Gasteiger partial charge in [-0.3, -0.25) is 0 Å². The molecule has 3 nitrogen and oxygen atoms in total. The molecule has 0 saturated heterocycles. The fourth-order valence-electron chi connectivity index (χ4n) is 0.854. The van der Waals surface area contributed by atoms with Crippen molar-refractivity contribution in [3.8, 4) is 10.8 Å². The smallest absolute Gasteiger partial charge is 0.313 e. The van der Waals surface area contributed by atoms with Gasteiger partial charge in [-0.1, -0.05) is 5.10 Å². The summed E-state index contributed by atoms with van der Waals surface area (Å²) in [7, 11) is 0. The number of aromatic nitrogens is 2. The fourth-order valence-corrected chi connectivity index (χ4v) is 1.75. The van der Waals surface area contributed by atoms with Crippen molar-refractivity contribution in [2.45, 2.75) is 6.92 Å². The van der Waals surface area contributed by atoms with Gasteiger partial charge < -0.3 is 4.42 Å². The second-order valence-corrected chi connectivity index (χ2v) is 3.88. The highest BCUT2D eigenvalue weighted by molar-refractivity contribution is 7.15. The zero-order valence-corrected chi connectivity index (χ0v) is 7.82. The second-order valence-electron chi connectivity index (χ2n) is 2.27. The van der Waals surface area contributed by atoms with Crippen molar-refractivity contribution >= 4 is 22.9 Å². The molecular weight excluding hydrogens is 196 g/mol. The van der Waals surface area contributed by atoms with Crippen LogP contribution in [0.5, 0.6) is 0 Å². The summed E-state index contributed by atoms with van der Waals surface area (Å²) in [5.41, 5.74) is 0. The van der Waals surface area contributed by atoms with Crippen LogP contribution in [0, 0.1) is 6.92 Å². The molecule has 2 heterocycles. The second kappa shape index (κ2) is 2.88. The first kappa shape index (κ1) is 7.76. The van der Waals surface area contributed by atoms with E-state index in [2.05, 4.69) is 10.2 Å². The maximum absolute atomic E-state index is 5.48. The Labute approximate surface area is 78.0 Å². The normalized spacial score (nSPS) is 10.5. The van der Waals surface area contributed by atoms with Crippen LogP contribution < -0.4 is 0 Å². The van der Waals surface area contributed by atoms with Gasteiger partial charge in [0.25, 0.3) is 5.89 Å². The minimum absolute atomic E-state index is 0.0797. The number of halogens is 1. The van der Waals surface area contributed by atoms with Gasteiger partial charge in [-0.05, 0) is 30.7 Å². The van der Waals surface area contributed by atoms with Crippen LogP contribution in [0.1, 0.15) is 4.88 Å². The lowest BCUT2D eigenvalue weighted by molar-refractivity contribution is 0.572. The van der Waals surface area contributed by atoms with Crippen molar-refractivity contribution in [3.05, 3.63) is 22.4 Å². The van der Waals surface area contributed by atoms with Gasteiger partial charge in [0.1, 0.15) is 0 Å². The van der Waals surface area contributed by atoms with Crippen molar-refractivity contribution in [1.82, 2.24) is 10.2 Å². The van der Waals surface area contributed by atoms with E-state index in [4.69, 9.17) is 16.0 Å². The van der Waals surface area contributed by atoms with Crippen LogP contribution in [0.15, 0.2) is 16.5 Å². The molecule has 62 valence electrons. The molecule has 0 aliphatic heterocycles. The lowest BCUT2D eigenvalue weighted by Gasteiger charge is -1.83. The van der Waals surface area contributed by atoms with Gasteiger partial charge in [0, 0.05) is 4.88 Å². The Kier molecular flexibility index (Phi) is 1.86. The molecule has 0 unspecified atom stereocenters. The molecule has 2 rings (SSSR count). The first-order chi connectivity index (χ1) is 5.75. The fraction of sp³-hybridized carbons (Fsp3) is 0.143. The number of hydrogen-bond acceptors (Lipinski definition) is 4. The standard InChI is InChI=1S/C7H5ClN2OS/c1-4-2-3-5(12-4)6-9-10-7(8)11-6/h2-3H,1H3. The summed E-state index contributed by atoms with van der Waals surface area (Å²) in [5.74, 6) is 0.484. The maximum Gasteiger partial charge on any atom is 0.313 e. The highest BCUT2D eigenvalue weighted by Crippen LogP contribution is 2.26. The van der Waals surface area contributed by atoms with E-state index < -0.39 is 0 Å². The monoisotopic (exact) mass is 200 g/mol. The molecule has 0 spiro atoms. The Bertz CT molecular complexity index is 357. The highest BCUT2D eigenvalue weighted by Gasteiger charge is 2.07. The molecular formula is C7H5ClN2OS. The predicted octanol–water partition coefficient (Wildman–Crippen LogP) is 2.76. The molecule has 0 aliphatic rings. The first-order valence-corrected chi connectivity index (χ1v) is 4.51. The van der Waals surface area contributed by atoms with E-state index in [0.29, 0.717) is 5.89 Å². The Hall–Kier alpha value is -0.870. The van der Waals surface area contributed by atoms with Gasteiger partial charge >= 0.3 is 5.35 Å².